The van der Waals surface area contributed by atoms with Gasteiger partial charge >= 0.3 is 0 Å². The van der Waals surface area contributed by atoms with Crippen LogP contribution in [0.5, 0.6) is 5.75 Å². The molecule has 1 aromatic rings. The summed E-state index contributed by atoms with van der Waals surface area (Å²) in [6.45, 7) is 9.70. The Kier molecular flexibility index (Phi) is 5.78. The van der Waals surface area contributed by atoms with Crippen molar-refractivity contribution in [3.8, 4) is 5.75 Å². The minimum absolute atomic E-state index is 0.372. The van der Waals surface area contributed by atoms with E-state index in [1.807, 2.05) is 18.2 Å². The van der Waals surface area contributed by atoms with Crippen LogP contribution in [0.25, 0.3) is 0 Å². The van der Waals surface area contributed by atoms with E-state index in [4.69, 9.17) is 10.5 Å². The van der Waals surface area contributed by atoms with E-state index in [1.165, 1.54) is 0 Å². The number of rotatable bonds is 7. The van der Waals surface area contributed by atoms with Crippen LogP contribution in [0.3, 0.4) is 0 Å². The lowest BCUT2D eigenvalue weighted by molar-refractivity contribution is 0.295. The van der Waals surface area contributed by atoms with Gasteiger partial charge < -0.3 is 20.7 Å². The van der Waals surface area contributed by atoms with Gasteiger partial charge in [-0.1, -0.05) is 13.8 Å². The third-order valence-electron chi connectivity index (χ3n) is 3.00. The van der Waals surface area contributed by atoms with E-state index in [2.05, 4.69) is 31.0 Å². The predicted molar refractivity (Wildman–Crippen MR) is 78.3 cm³/mol. The molecule has 1 atom stereocenters. The fraction of sp³-hybridized carbons (Fsp3) is 0.571. The van der Waals surface area contributed by atoms with Gasteiger partial charge in [0.1, 0.15) is 5.75 Å². The first kappa shape index (κ1) is 14.6. The van der Waals surface area contributed by atoms with Crippen molar-refractivity contribution >= 4 is 11.4 Å². The molecular formula is C14H25N3O. The predicted octanol–water partition coefficient (Wildman–Crippen LogP) is 2.42. The molecule has 1 aromatic carbocycles. The second-order valence-corrected chi connectivity index (χ2v) is 4.53. The lowest BCUT2D eigenvalue weighted by Gasteiger charge is -2.24. The number of nitrogens with two attached hydrogens (primary N) is 1. The Hall–Kier alpha value is -1.42. The first-order valence-corrected chi connectivity index (χ1v) is 6.52. The summed E-state index contributed by atoms with van der Waals surface area (Å²) in [7, 11) is 1.65. The largest absolute Gasteiger partial charge is 0.497 e. The highest BCUT2D eigenvalue weighted by Gasteiger charge is 2.08. The van der Waals surface area contributed by atoms with Crippen LogP contribution < -0.4 is 15.8 Å². The number of likely N-dealkylation sites (N-methyl/N-ethyl adjacent to an activating group) is 1. The summed E-state index contributed by atoms with van der Waals surface area (Å²) in [6, 6.07) is 6.09. The molecule has 0 aromatic heterocycles. The molecule has 0 aliphatic heterocycles. The monoisotopic (exact) mass is 251 g/mol. The van der Waals surface area contributed by atoms with Gasteiger partial charge in [0.2, 0.25) is 0 Å². The molecule has 3 N–H and O–H groups in total. The van der Waals surface area contributed by atoms with E-state index < -0.39 is 0 Å². The Balaban J connectivity index is 2.63. The zero-order valence-corrected chi connectivity index (χ0v) is 11.9. The number of nitrogens with one attached hydrogen (secondary N) is 1. The first-order chi connectivity index (χ1) is 8.58. The van der Waals surface area contributed by atoms with Gasteiger partial charge in [-0.15, -0.1) is 0 Å². The number of anilines is 2. The molecule has 1 rings (SSSR count). The number of benzene rings is 1. The molecular weight excluding hydrogens is 226 g/mol. The Bertz CT molecular complexity index is 364. The fourth-order valence-electron chi connectivity index (χ4n) is 2.02. The maximum absolute atomic E-state index is 5.83. The van der Waals surface area contributed by atoms with Crippen LogP contribution in [-0.2, 0) is 0 Å². The number of nitrogen functional groups attached to an aromatic ring is 1. The fourth-order valence-corrected chi connectivity index (χ4v) is 2.02. The number of hydrogen-bond donors (Lipinski definition) is 2. The van der Waals surface area contributed by atoms with E-state index in [-0.39, 0.29) is 0 Å². The van der Waals surface area contributed by atoms with Gasteiger partial charge in [-0.3, -0.25) is 0 Å². The molecule has 0 fully saturated rings. The van der Waals surface area contributed by atoms with E-state index >= 15 is 0 Å². The molecule has 4 nitrogen and oxygen atoms in total. The molecule has 0 radical (unpaired) electrons. The summed E-state index contributed by atoms with van der Waals surface area (Å²) < 4.78 is 5.21. The highest BCUT2D eigenvalue weighted by atomic mass is 16.5. The summed E-state index contributed by atoms with van der Waals surface area (Å²) in [5.74, 6) is 0.785. The van der Waals surface area contributed by atoms with Crippen molar-refractivity contribution in [2.24, 2.45) is 0 Å². The van der Waals surface area contributed by atoms with Gasteiger partial charge in [-0.05, 0) is 26.1 Å². The Labute approximate surface area is 110 Å². The maximum atomic E-state index is 5.83. The van der Waals surface area contributed by atoms with Gasteiger partial charge in [-0.2, -0.15) is 0 Å². The average molecular weight is 251 g/mol. The van der Waals surface area contributed by atoms with Crippen LogP contribution in [0.1, 0.15) is 20.8 Å². The molecule has 0 spiro atoms. The summed E-state index contributed by atoms with van der Waals surface area (Å²) >= 11 is 0. The molecule has 0 bridgehead atoms. The van der Waals surface area contributed by atoms with Crippen LogP contribution in [0.15, 0.2) is 18.2 Å². The number of methoxy groups -OCH3 is 1. The normalized spacial score (nSPS) is 12.5. The Morgan fingerprint density at radius 2 is 1.94 bits per heavy atom. The van der Waals surface area contributed by atoms with E-state index in [0.29, 0.717) is 11.7 Å². The van der Waals surface area contributed by atoms with Crippen molar-refractivity contribution in [2.75, 3.05) is 37.8 Å². The molecule has 4 heteroatoms. The van der Waals surface area contributed by atoms with Crippen LogP contribution in [0.4, 0.5) is 11.4 Å². The zero-order chi connectivity index (χ0) is 13.5. The minimum atomic E-state index is 0.372. The van der Waals surface area contributed by atoms with E-state index in [9.17, 15) is 0 Å². The smallest absolute Gasteiger partial charge is 0.122 e. The van der Waals surface area contributed by atoms with E-state index in [0.717, 1.165) is 31.1 Å². The van der Waals surface area contributed by atoms with Crippen molar-refractivity contribution in [3.05, 3.63) is 18.2 Å². The van der Waals surface area contributed by atoms with Crippen LogP contribution in [0.2, 0.25) is 0 Å². The number of ether oxygens (including phenoxy) is 1. The molecule has 0 heterocycles. The Morgan fingerprint density at radius 1 is 1.28 bits per heavy atom. The molecule has 0 aliphatic carbocycles. The lowest BCUT2D eigenvalue weighted by atomic mass is 10.2. The Morgan fingerprint density at radius 3 is 2.50 bits per heavy atom. The summed E-state index contributed by atoms with van der Waals surface area (Å²) in [5, 5.41) is 3.45. The summed E-state index contributed by atoms with van der Waals surface area (Å²) in [6.07, 6.45) is 0. The van der Waals surface area contributed by atoms with Gasteiger partial charge in [0.25, 0.3) is 0 Å². The van der Waals surface area contributed by atoms with E-state index in [1.54, 1.807) is 7.11 Å². The topological polar surface area (TPSA) is 50.5 Å². The molecule has 18 heavy (non-hydrogen) atoms. The van der Waals surface area contributed by atoms with Crippen molar-refractivity contribution in [3.63, 3.8) is 0 Å². The molecule has 0 aliphatic rings. The molecule has 0 amide bonds. The molecule has 0 saturated carbocycles. The average Bonchev–Trinajstić information content (AvgIpc) is 2.35. The third-order valence-corrected chi connectivity index (χ3v) is 3.00. The number of nitrogens with zero attached hydrogens (tertiary/aromatic N) is 1. The first-order valence-electron chi connectivity index (χ1n) is 6.52. The molecule has 0 saturated heterocycles. The molecule has 102 valence electrons. The SMILES string of the molecule is CCN(CC)CC(C)Nc1cc(N)cc(OC)c1. The second-order valence-electron chi connectivity index (χ2n) is 4.53. The quantitative estimate of drug-likeness (QED) is 0.731. The van der Waals surface area contributed by atoms with Gasteiger partial charge in [0, 0.05) is 36.1 Å². The lowest BCUT2D eigenvalue weighted by Crippen LogP contribution is -2.34. The van der Waals surface area contributed by atoms with Crippen molar-refractivity contribution in [1.29, 1.82) is 0 Å². The maximum Gasteiger partial charge on any atom is 0.122 e. The standard InChI is InChI=1S/C14H25N3O/c1-5-17(6-2)10-11(3)16-13-7-12(15)8-14(9-13)18-4/h7-9,11,16H,5-6,10,15H2,1-4H3. The molecule has 1 unspecified atom stereocenters. The zero-order valence-electron chi connectivity index (χ0n) is 11.9. The second kappa shape index (κ2) is 7.11. The number of hydrogen-bond acceptors (Lipinski definition) is 4. The van der Waals surface area contributed by atoms with Gasteiger partial charge in [0.05, 0.1) is 7.11 Å². The van der Waals surface area contributed by atoms with Crippen molar-refractivity contribution in [2.45, 2.75) is 26.8 Å². The van der Waals surface area contributed by atoms with Gasteiger partial charge in [0.15, 0.2) is 0 Å². The summed E-state index contributed by atoms with van der Waals surface area (Å²) in [4.78, 5) is 2.39. The van der Waals surface area contributed by atoms with Gasteiger partial charge in [-0.25, -0.2) is 0 Å². The summed E-state index contributed by atoms with van der Waals surface area (Å²) in [5.41, 5.74) is 7.55. The van der Waals surface area contributed by atoms with Crippen LogP contribution >= 0.6 is 0 Å². The van der Waals surface area contributed by atoms with Crippen LogP contribution in [0, 0.1) is 0 Å². The van der Waals surface area contributed by atoms with Crippen molar-refractivity contribution < 1.29 is 4.74 Å². The van der Waals surface area contributed by atoms with Crippen LogP contribution in [-0.4, -0.2) is 37.7 Å². The highest BCUT2D eigenvalue weighted by molar-refractivity contribution is 5.59. The minimum Gasteiger partial charge on any atom is -0.497 e. The highest BCUT2D eigenvalue weighted by Crippen LogP contribution is 2.22. The third kappa shape index (κ3) is 4.45. The van der Waals surface area contributed by atoms with Crippen molar-refractivity contribution in [1.82, 2.24) is 4.90 Å².